The second-order valence-corrected chi connectivity index (χ2v) is 4.32. The van der Waals surface area contributed by atoms with Gasteiger partial charge in [-0.15, -0.1) is 0 Å². The van der Waals surface area contributed by atoms with E-state index in [-0.39, 0.29) is 6.10 Å². The Morgan fingerprint density at radius 3 is 2.60 bits per heavy atom. The Morgan fingerprint density at radius 1 is 1.13 bits per heavy atom. The van der Waals surface area contributed by atoms with Crippen LogP contribution in [0.3, 0.4) is 0 Å². The first-order valence-electron chi connectivity index (χ1n) is 5.81. The molecule has 0 bridgehead atoms. The maximum Gasteiger partial charge on any atom is 0.0693 e. The van der Waals surface area contributed by atoms with E-state index in [1.54, 1.807) is 0 Å². The predicted molar refractivity (Wildman–Crippen MR) is 61.5 cm³/mol. The summed E-state index contributed by atoms with van der Waals surface area (Å²) in [6.07, 6.45) is 4.32. The molecule has 2 N–H and O–H groups in total. The lowest BCUT2D eigenvalue weighted by atomic mass is 9.92. The minimum Gasteiger partial charge on any atom is -0.392 e. The molecule has 0 heterocycles. The standard InChI is InChI=1S/C13H19NO/c15-13-9-5-4-8-12(13)14-10-11-6-2-1-3-7-11/h1-3,6-7,12-15H,4-5,8-10H2/t12-,13?/m1/s1. The van der Waals surface area contributed by atoms with Crippen LogP contribution in [0.5, 0.6) is 0 Å². The van der Waals surface area contributed by atoms with Crippen molar-refractivity contribution in [3.63, 3.8) is 0 Å². The SMILES string of the molecule is OC1CCCC[C@H]1NCc1ccccc1. The van der Waals surface area contributed by atoms with Crippen LogP contribution in [-0.2, 0) is 6.54 Å². The number of hydrogen-bond donors (Lipinski definition) is 2. The Hall–Kier alpha value is -0.860. The van der Waals surface area contributed by atoms with E-state index >= 15 is 0 Å². The number of nitrogens with one attached hydrogen (secondary N) is 1. The molecule has 0 saturated heterocycles. The molecule has 1 saturated carbocycles. The normalized spacial score (nSPS) is 26.5. The summed E-state index contributed by atoms with van der Waals surface area (Å²) in [6.45, 7) is 0.864. The lowest BCUT2D eigenvalue weighted by Crippen LogP contribution is -2.41. The third-order valence-corrected chi connectivity index (χ3v) is 3.14. The number of hydrogen-bond acceptors (Lipinski definition) is 2. The van der Waals surface area contributed by atoms with Crippen molar-refractivity contribution < 1.29 is 5.11 Å². The van der Waals surface area contributed by atoms with Gasteiger partial charge in [-0.2, -0.15) is 0 Å². The molecule has 1 unspecified atom stereocenters. The molecule has 82 valence electrons. The van der Waals surface area contributed by atoms with E-state index in [9.17, 15) is 5.11 Å². The lowest BCUT2D eigenvalue weighted by molar-refractivity contribution is 0.0902. The van der Waals surface area contributed by atoms with Gasteiger partial charge in [0.15, 0.2) is 0 Å². The quantitative estimate of drug-likeness (QED) is 0.792. The highest BCUT2D eigenvalue weighted by atomic mass is 16.3. The third-order valence-electron chi connectivity index (χ3n) is 3.14. The lowest BCUT2D eigenvalue weighted by Gasteiger charge is -2.28. The zero-order chi connectivity index (χ0) is 10.5. The fourth-order valence-corrected chi connectivity index (χ4v) is 2.19. The second-order valence-electron chi connectivity index (χ2n) is 4.32. The third kappa shape index (κ3) is 3.05. The molecular weight excluding hydrogens is 186 g/mol. The highest BCUT2D eigenvalue weighted by molar-refractivity contribution is 5.14. The van der Waals surface area contributed by atoms with Gasteiger partial charge < -0.3 is 10.4 Å². The van der Waals surface area contributed by atoms with Crippen LogP contribution >= 0.6 is 0 Å². The average Bonchev–Trinajstić information content (AvgIpc) is 2.29. The van der Waals surface area contributed by atoms with Gasteiger partial charge >= 0.3 is 0 Å². The van der Waals surface area contributed by atoms with Crippen molar-refractivity contribution in [2.24, 2.45) is 0 Å². The first-order valence-corrected chi connectivity index (χ1v) is 5.81. The van der Waals surface area contributed by atoms with Crippen molar-refractivity contribution in [3.8, 4) is 0 Å². The first-order chi connectivity index (χ1) is 7.36. The molecule has 1 fully saturated rings. The monoisotopic (exact) mass is 205 g/mol. The maximum absolute atomic E-state index is 9.78. The minimum absolute atomic E-state index is 0.150. The van der Waals surface area contributed by atoms with E-state index < -0.39 is 0 Å². The molecular formula is C13H19NO. The largest absolute Gasteiger partial charge is 0.392 e. The number of aliphatic hydroxyl groups excluding tert-OH is 1. The Labute approximate surface area is 91.3 Å². The van der Waals surface area contributed by atoms with Gasteiger partial charge in [0.2, 0.25) is 0 Å². The predicted octanol–water partition coefficient (Wildman–Crippen LogP) is 2.08. The second kappa shape index (κ2) is 5.29. The molecule has 0 spiro atoms. The zero-order valence-electron chi connectivity index (χ0n) is 9.02. The number of aliphatic hydroxyl groups is 1. The zero-order valence-corrected chi connectivity index (χ0v) is 9.02. The minimum atomic E-state index is -0.150. The van der Waals surface area contributed by atoms with Crippen LogP contribution in [0.25, 0.3) is 0 Å². The van der Waals surface area contributed by atoms with Crippen molar-refractivity contribution in [3.05, 3.63) is 35.9 Å². The molecule has 2 atom stereocenters. The van der Waals surface area contributed by atoms with E-state index in [0.717, 1.165) is 19.4 Å². The van der Waals surface area contributed by atoms with E-state index in [1.807, 2.05) is 18.2 Å². The Bertz CT molecular complexity index is 286. The van der Waals surface area contributed by atoms with Gasteiger partial charge in [-0.1, -0.05) is 43.2 Å². The van der Waals surface area contributed by atoms with Crippen LogP contribution in [0.2, 0.25) is 0 Å². The molecule has 2 heteroatoms. The summed E-state index contributed by atoms with van der Waals surface area (Å²) in [5.41, 5.74) is 1.29. The van der Waals surface area contributed by atoms with E-state index in [1.165, 1.54) is 18.4 Å². The summed E-state index contributed by atoms with van der Waals surface area (Å²) in [4.78, 5) is 0. The fourth-order valence-electron chi connectivity index (χ4n) is 2.19. The molecule has 2 nitrogen and oxygen atoms in total. The van der Waals surface area contributed by atoms with Crippen LogP contribution in [-0.4, -0.2) is 17.3 Å². The summed E-state index contributed by atoms with van der Waals surface area (Å²) >= 11 is 0. The van der Waals surface area contributed by atoms with Gasteiger partial charge in [0, 0.05) is 12.6 Å². The van der Waals surface area contributed by atoms with Crippen molar-refractivity contribution in [1.29, 1.82) is 0 Å². The molecule has 2 rings (SSSR count). The molecule has 0 amide bonds. The molecule has 0 aromatic heterocycles. The number of rotatable bonds is 3. The highest BCUT2D eigenvalue weighted by Crippen LogP contribution is 2.18. The van der Waals surface area contributed by atoms with Crippen molar-refractivity contribution in [1.82, 2.24) is 5.32 Å². The Morgan fingerprint density at radius 2 is 1.87 bits per heavy atom. The van der Waals surface area contributed by atoms with Crippen molar-refractivity contribution in [2.75, 3.05) is 0 Å². The molecule has 1 aromatic rings. The maximum atomic E-state index is 9.78. The average molecular weight is 205 g/mol. The molecule has 0 radical (unpaired) electrons. The first kappa shape index (κ1) is 10.7. The summed E-state index contributed by atoms with van der Waals surface area (Å²) < 4.78 is 0. The van der Waals surface area contributed by atoms with Gasteiger partial charge in [-0.25, -0.2) is 0 Å². The highest BCUT2D eigenvalue weighted by Gasteiger charge is 2.21. The van der Waals surface area contributed by atoms with Gasteiger partial charge in [0.05, 0.1) is 6.10 Å². The van der Waals surface area contributed by atoms with Gasteiger partial charge in [0.25, 0.3) is 0 Å². The summed E-state index contributed by atoms with van der Waals surface area (Å²) in [7, 11) is 0. The van der Waals surface area contributed by atoms with Crippen LogP contribution in [0.15, 0.2) is 30.3 Å². The Balaban J connectivity index is 1.82. The number of benzene rings is 1. The Kier molecular flexibility index (Phi) is 3.75. The van der Waals surface area contributed by atoms with E-state index in [2.05, 4.69) is 17.4 Å². The summed E-state index contributed by atoms with van der Waals surface area (Å²) in [6, 6.07) is 10.6. The smallest absolute Gasteiger partial charge is 0.0693 e. The van der Waals surface area contributed by atoms with Crippen LogP contribution in [0, 0.1) is 0 Å². The van der Waals surface area contributed by atoms with Gasteiger partial charge in [-0.3, -0.25) is 0 Å². The molecule has 1 aromatic carbocycles. The van der Waals surface area contributed by atoms with Crippen LogP contribution < -0.4 is 5.32 Å². The van der Waals surface area contributed by atoms with Crippen LogP contribution in [0.1, 0.15) is 31.2 Å². The molecule has 0 aliphatic heterocycles. The van der Waals surface area contributed by atoms with Gasteiger partial charge in [-0.05, 0) is 18.4 Å². The van der Waals surface area contributed by atoms with Gasteiger partial charge in [0.1, 0.15) is 0 Å². The topological polar surface area (TPSA) is 32.3 Å². The van der Waals surface area contributed by atoms with Crippen molar-refractivity contribution >= 4 is 0 Å². The summed E-state index contributed by atoms with van der Waals surface area (Å²) in [5, 5.41) is 13.2. The van der Waals surface area contributed by atoms with Crippen molar-refractivity contribution in [2.45, 2.75) is 44.4 Å². The summed E-state index contributed by atoms with van der Waals surface area (Å²) in [5.74, 6) is 0. The van der Waals surface area contributed by atoms with Crippen LogP contribution in [0.4, 0.5) is 0 Å². The van der Waals surface area contributed by atoms with E-state index in [0.29, 0.717) is 6.04 Å². The van der Waals surface area contributed by atoms with E-state index in [4.69, 9.17) is 0 Å². The molecule has 1 aliphatic carbocycles. The molecule has 1 aliphatic rings. The molecule has 15 heavy (non-hydrogen) atoms. The fraction of sp³-hybridized carbons (Fsp3) is 0.538.